The molecular weight excluding hydrogens is 286 g/mol. The number of aryl methyl sites for hydroxylation is 1. The van der Waals surface area contributed by atoms with E-state index in [4.69, 9.17) is 0 Å². The molecule has 0 aliphatic rings. The number of hydrogen-bond donors (Lipinski definition) is 1. The fourth-order valence-electron chi connectivity index (χ4n) is 1.54. The first-order valence-corrected chi connectivity index (χ1v) is 6.89. The second kappa shape index (κ2) is 5.61. The number of halogens is 1. The van der Waals surface area contributed by atoms with Crippen LogP contribution in [-0.4, -0.2) is 9.55 Å². The summed E-state index contributed by atoms with van der Waals surface area (Å²) in [5.41, 5.74) is 1.23. The maximum Gasteiger partial charge on any atom is 0.0948 e. The smallest absolute Gasteiger partial charge is 0.0948 e. The molecule has 0 radical (unpaired) electrons. The molecule has 2 aromatic heterocycles. The molecule has 2 heterocycles. The summed E-state index contributed by atoms with van der Waals surface area (Å²) < 4.78 is 3.31. The number of aromatic nitrogens is 2. The molecule has 0 amide bonds. The van der Waals surface area contributed by atoms with E-state index >= 15 is 0 Å². The van der Waals surface area contributed by atoms with Gasteiger partial charge in [-0.25, -0.2) is 4.98 Å². The molecule has 0 aliphatic heterocycles. The Morgan fingerprint density at radius 3 is 3.06 bits per heavy atom. The number of nitrogens with one attached hydrogen (secondary N) is 1. The van der Waals surface area contributed by atoms with Gasteiger partial charge in [-0.3, -0.25) is 0 Å². The minimum Gasteiger partial charge on any atom is -0.334 e. The van der Waals surface area contributed by atoms with Crippen molar-refractivity contribution in [3.63, 3.8) is 0 Å². The quantitative estimate of drug-likeness (QED) is 0.920. The lowest BCUT2D eigenvalue weighted by atomic mass is 10.4. The van der Waals surface area contributed by atoms with Crippen molar-refractivity contribution in [3.05, 3.63) is 39.0 Å². The highest BCUT2D eigenvalue weighted by Crippen LogP contribution is 2.19. The minimum absolute atomic E-state index is 0.864. The first-order chi connectivity index (χ1) is 7.79. The number of rotatable bonds is 5. The molecule has 0 saturated carbocycles. The Hall–Kier alpha value is -0.650. The summed E-state index contributed by atoms with van der Waals surface area (Å²) >= 11 is 5.22. The van der Waals surface area contributed by atoms with Crippen LogP contribution in [0.1, 0.15) is 17.5 Å². The molecule has 2 aromatic rings. The molecule has 0 unspecified atom stereocenters. The van der Waals surface area contributed by atoms with Crippen LogP contribution in [0.5, 0.6) is 0 Å². The standard InChI is InChI=1S/C11H14BrN3S/c1-2-15-8-14-5-10(15)4-13-6-11-3-9(12)7-16-11/h3,5,7-8,13H,2,4,6H2,1H3. The van der Waals surface area contributed by atoms with E-state index in [1.807, 2.05) is 12.5 Å². The Morgan fingerprint density at radius 1 is 1.50 bits per heavy atom. The molecule has 0 bridgehead atoms. The van der Waals surface area contributed by atoms with Gasteiger partial charge < -0.3 is 9.88 Å². The third-order valence-electron chi connectivity index (χ3n) is 2.37. The van der Waals surface area contributed by atoms with E-state index in [0.29, 0.717) is 0 Å². The van der Waals surface area contributed by atoms with Crippen LogP contribution in [0, 0.1) is 0 Å². The molecular formula is C11H14BrN3S. The van der Waals surface area contributed by atoms with Crippen LogP contribution in [0.2, 0.25) is 0 Å². The first-order valence-electron chi connectivity index (χ1n) is 5.22. The van der Waals surface area contributed by atoms with Gasteiger partial charge >= 0.3 is 0 Å². The third-order valence-corrected chi connectivity index (χ3v) is 4.06. The lowest BCUT2D eigenvalue weighted by molar-refractivity contribution is 0.632. The molecule has 0 atom stereocenters. The van der Waals surface area contributed by atoms with Crippen LogP contribution in [-0.2, 0) is 19.6 Å². The molecule has 1 N–H and O–H groups in total. The zero-order chi connectivity index (χ0) is 11.4. The molecule has 16 heavy (non-hydrogen) atoms. The normalized spacial score (nSPS) is 10.9. The SMILES string of the molecule is CCn1cncc1CNCc1cc(Br)cs1. The van der Waals surface area contributed by atoms with Crippen molar-refractivity contribution < 1.29 is 0 Å². The molecule has 0 aliphatic carbocycles. The topological polar surface area (TPSA) is 29.9 Å². The molecule has 0 spiro atoms. The average molecular weight is 300 g/mol. The van der Waals surface area contributed by atoms with E-state index in [9.17, 15) is 0 Å². The van der Waals surface area contributed by atoms with E-state index < -0.39 is 0 Å². The van der Waals surface area contributed by atoms with E-state index in [1.54, 1.807) is 11.3 Å². The number of hydrogen-bond acceptors (Lipinski definition) is 3. The highest BCUT2D eigenvalue weighted by Gasteiger charge is 2.01. The van der Waals surface area contributed by atoms with Gasteiger partial charge in [-0.2, -0.15) is 0 Å². The predicted molar refractivity (Wildman–Crippen MR) is 70.5 cm³/mol. The van der Waals surface area contributed by atoms with Crippen molar-refractivity contribution in [1.82, 2.24) is 14.9 Å². The molecule has 2 rings (SSSR count). The zero-order valence-electron chi connectivity index (χ0n) is 9.11. The Balaban J connectivity index is 1.84. The van der Waals surface area contributed by atoms with Crippen molar-refractivity contribution in [3.8, 4) is 0 Å². The van der Waals surface area contributed by atoms with Gasteiger partial charge in [0.25, 0.3) is 0 Å². The lowest BCUT2D eigenvalue weighted by Crippen LogP contribution is -2.14. The number of thiophene rings is 1. The maximum atomic E-state index is 4.14. The summed E-state index contributed by atoms with van der Waals surface area (Å²) in [6.45, 7) is 4.87. The van der Waals surface area contributed by atoms with E-state index in [0.717, 1.165) is 24.1 Å². The van der Waals surface area contributed by atoms with Crippen LogP contribution >= 0.6 is 27.3 Å². The van der Waals surface area contributed by atoms with Gasteiger partial charge in [0, 0.05) is 40.6 Å². The van der Waals surface area contributed by atoms with Crippen molar-refractivity contribution >= 4 is 27.3 Å². The molecule has 0 saturated heterocycles. The highest BCUT2D eigenvalue weighted by molar-refractivity contribution is 9.10. The van der Waals surface area contributed by atoms with Crippen LogP contribution in [0.3, 0.4) is 0 Å². The minimum atomic E-state index is 0.864. The van der Waals surface area contributed by atoms with Gasteiger partial charge in [0.15, 0.2) is 0 Å². The van der Waals surface area contributed by atoms with Crippen molar-refractivity contribution in [1.29, 1.82) is 0 Å². The fourth-order valence-corrected chi connectivity index (χ4v) is 2.96. The van der Waals surface area contributed by atoms with Crippen molar-refractivity contribution in [2.24, 2.45) is 0 Å². The van der Waals surface area contributed by atoms with E-state index in [1.165, 1.54) is 10.6 Å². The Morgan fingerprint density at radius 2 is 2.38 bits per heavy atom. The van der Waals surface area contributed by atoms with Crippen LogP contribution in [0.25, 0.3) is 0 Å². The number of imidazole rings is 1. The highest BCUT2D eigenvalue weighted by atomic mass is 79.9. The average Bonchev–Trinajstić information content (AvgIpc) is 2.87. The van der Waals surface area contributed by atoms with Gasteiger partial charge in [0.05, 0.1) is 12.0 Å². The van der Waals surface area contributed by atoms with Gasteiger partial charge in [-0.15, -0.1) is 11.3 Å². The van der Waals surface area contributed by atoms with Crippen molar-refractivity contribution in [2.75, 3.05) is 0 Å². The second-order valence-electron chi connectivity index (χ2n) is 3.51. The molecule has 0 aromatic carbocycles. The molecule has 86 valence electrons. The Kier molecular flexibility index (Phi) is 4.15. The predicted octanol–water partition coefficient (Wildman–Crippen LogP) is 3.02. The third kappa shape index (κ3) is 2.93. The zero-order valence-corrected chi connectivity index (χ0v) is 11.5. The van der Waals surface area contributed by atoms with E-state index in [2.05, 4.69) is 49.2 Å². The van der Waals surface area contributed by atoms with Crippen LogP contribution in [0.4, 0.5) is 0 Å². The largest absolute Gasteiger partial charge is 0.334 e. The monoisotopic (exact) mass is 299 g/mol. The number of nitrogens with zero attached hydrogens (tertiary/aromatic N) is 2. The summed E-state index contributed by atoms with van der Waals surface area (Å²) in [4.78, 5) is 5.48. The summed E-state index contributed by atoms with van der Waals surface area (Å²) in [6, 6.07) is 2.15. The van der Waals surface area contributed by atoms with Gasteiger partial charge in [0.1, 0.15) is 0 Å². The first kappa shape index (κ1) is 11.8. The summed E-state index contributed by atoms with van der Waals surface area (Å²) in [6.07, 6.45) is 3.79. The fraction of sp³-hybridized carbons (Fsp3) is 0.364. The van der Waals surface area contributed by atoms with Gasteiger partial charge in [-0.05, 0) is 28.9 Å². The Labute approximate surface area is 108 Å². The lowest BCUT2D eigenvalue weighted by Gasteiger charge is -2.05. The summed E-state index contributed by atoms with van der Waals surface area (Å²) in [5, 5.41) is 5.53. The molecule has 0 fully saturated rings. The summed E-state index contributed by atoms with van der Waals surface area (Å²) in [7, 11) is 0. The van der Waals surface area contributed by atoms with Crippen LogP contribution < -0.4 is 5.32 Å². The Bertz CT molecular complexity index is 450. The van der Waals surface area contributed by atoms with Gasteiger partial charge in [0.2, 0.25) is 0 Å². The van der Waals surface area contributed by atoms with Gasteiger partial charge in [-0.1, -0.05) is 0 Å². The second-order valence-corrected chi connectivity index (χ2v) is 5.42. The molecule has 3 nitrogen and oxygen atoms in total. The van der Waals surface area contributed by atoms with Crippen molar-refractivity contribution in [2.45, 2.75) is 26.6 Å². The molecule has 5 heteroatoms. The maximum absolute atomic E-state index is 4.14. The van der Waals surface area contributed by atoms with Crippen LogP contribution in [0.15, 0.2) is 28.4 Å². The summed E-state index contributed by atoms with van der Waals surface area (Å²) in [5.74, 6) is 0. The van der Waals surface area contributed by atoms with E-state index in [-0.39, 0.29) is 0 Å².